The molecule has 0 aromatic carbocycles. The summed E-state index contributed by atoms with van der Waals surface area (Å²) in [6.07, 6.45) is 89.3. The smallest absolute Gasteiger partial charge is 0.309 e. The fourth-order valence-electron chi connectivity index (χ4n) is 8.37. The molecule has 0 aromatic rings. The standard InChI is InChI=1S/C70H114O6/c1-4-7-10-13-16-19-22-25-28-30-32-33-34-35-36-38-39-42-45-48-51-54-57-60-63-69(72)75-66-67(65-74-68(71)62-59-56-53-50-47-44-41-27-24-21-18-15-12-9-6-3)76-70(73)64-61-58-55-52-49-46-43-40-37-31-29-26-23-20-17-14-11-8-5-2/h8-9,11-12,17-18,20-21,26-27,29,37,40-41,46-47,49-50,55-56,58-59,67H,4-7,10,13-16,19,22-25,28,30-36,38-39,42-45,48,51-54,57,60-66H2,1-3H3/b11-8-,12-9-,20-17-,21-18-,29-26-,40-37-,41-27-,49-46-,50-47-,58-55-,59-56-. The molecule has 0 heterocycles. The summed E-state index contributed by atoms with van der Waals surface area (Å²) in [7, 11) is 0. The highest BCUT2D eigenvalue weighted by Crippen LogP contribution is 2.16. The van der Waals surface area contributed by atoms with Crippen molar-refractivity contribution in [3.63, 3.8) is 0 Å². The van der Waals surface area contributed by atoms with Gasteiger partial charge in [-0.15, -0.1) is 0 Å². The summed E-state index contributed by atoms with van der Waals surface area (Å²) >= 11 is 0. The molecule has 0 spiro atoms. The summed E-state index contributed by atoms with van der Waals surface area (Å²) in [5.74, 6) is -1.16. The van der Waals surface area contributed by atoms with Crippen LogP contribution in [0.5, 0.6) is 0 Å². The second kappa shape index (κ2) is 63.1. The molecule has 0 rings (SSSR count). The Morgan fingerprint density at radius 3 is 0.895 bits per heavy atom. The second-order valence-corrected chi connectivity index (χ2v) is 20.2. The van der Waals surface area contributed by atoms with Gasteiger partial charge in [0.2, 0.25) is 0 Å². The van der Waals surface area contributed by atoms with Crippen LogP contribution in [0.3, 0.4) is 0 Å². The van der Waals surface area contributed by atoms with Crippen LogP contribution in [0.25, 0.3) is 0 Å². The lowest BCUT2D eigenvalue weighted by molar-refractivity contribution is -0.166. The summed E-state index contributed by atoms with van der Waals surface area (Å²) in [5, 5.41) is 0. The number of carbonyl (C=O) groups is 3. The molecule has 0 saturated heterocycles. The van der Waals surface area contributed by atoms with Crippen LogP contribution in [0.4, 0.5) is 0 Å². The van der Waals surface area contributed by atoms with Crippen molar-refractivity contribution in [2.45, 2.75) is 277 Å². The number of hydrogen-bond acceptors (Lipinski definition) is 6. The average Bonchev–Trinajstić information content (AvgIpc) is 3.42. The first-order chi connectivity index (χ1) is 37.5. The van der Waals surface area contributed by atoms with Crippen LogP contribution in [0, 0.1) is 0 Å². The molecule has 0 saturated carbocycles. The van der Waals surface area contributed by atoms with Gasteiger partial charge in [-0.2, -0.15) is 0 Å². The van der Waals surface area contributed by atoms with E-state index in [2.05, 4.69) is 130 Å². The highest BCUT2D eigenvalue weighted by atomic mass is 16.6. The van der Waals surface area contributed by atoms with Gasteiger partial charge in [0.05, 0.1) is 6.42 Å². The fraction of sp³-hybridized carbons (Fsp3) is 0.643. The van der Waals surface area contributed by atoms with E-state index in [4.69, 9.17) is 14.2 Å². The van der Waals surface area contributed by atoms with Gasteiger partial charge < -0.3 is 14.2 Å². The number of hydrogen-bond donors (Lipinski definition) is 0. The van der Waals surface area contributed by atoms with E-state index in [-0.39, 0.29) is 32.0 Å². The Kier molecular flexibility index (Phi) is 59.4. The van der Waals surface area contributed by atoms with Crippen molar-refractivity contribution in [3.8, 4) is 0 Å². The Bertz CT molecular complexity index is 1630. The second-order valence-electron chi connectivity index (χ2n) is 20.2. The number of esters is 3. The van der Waals surface area contributed by atoms with Crippen molar-refractivity contribution in [3.05, 3.63) is 134 Å². The van der Waals surface area contributed by atoms with E-state index < -0.39 is 18.0 Å². The Labute approximate surface area is 468 Å². The zero-order valence-electron chi connectivity index (χ0n) is 49.2. The lowest BCUT2D eigenvalue weighted by Crippen LogP contribution is -2.30. The van der Waals surface area contributed by atoms with Crippen LogP contribution in [0.15, 0.2) is 134 Å². The van der Waals surface area contributed by atoms with Gasteiger partial charge in [0.15, 0.2) is 6.10 Å². The van der Waals surface area contributed by atoms with Gasteiger partial charge in [-0.25, -0.2) is 0 Å². The summed E-state index contributed by atoms with van der Waals surface area (Å²) in [5.41, 5.74) is 0. The van der Waals surface area contributed by atoms with Gasteiger partial charge in [0.25, 0.3) is 0 Å². The Hall–Kier alpha value is -4.45. The molecule has 0 aliphatic carbocycles. The van der Waals surface area contributed by atoms with E-state index in [9.17, 15) is 14.4 Å². The van der Waals surface area contributed by atoms with Crippen molar-refractivity contribution >= 4 is 17.9 Å². The van der Waals surface area contributed by atoms with E-state index in [0.29, 0.717) is 12.8 Å². The van der Waals surface area contributed by atoms with E-state index in [1.807, 2.05) is 18.2 Å². The summed E-state index contributed by atoms with van der Waals surface area (Å²) in [6, 6.07) is 0. The highest BCUT2D eigenvalue weighted by molar-refractivity contribution is 5.72. The molecule has 0 N–H and O–H groups in total. The monoisotopic (exact) mass is 1050 g/mol. The third kappa shape index (κ3) is 60.4. The van der Waals surface area contributed by atoms with Gasteiger partial charge in [-0.1, -0.05) is 302 Å². The molecule has 6 nitrogen and oxygen atoms in total. The van der Waals surface area contributed by atoms with Crippen molar-refractivity contribution in [2.24, 2.45) is 0 Å². The maximum absolute atomic E-state index is 12.8. The Morgan fingerprint density at radius 2 is 0.566 bits per heavy atom. The maximum atomic E-state index is 12.8. The number of allylic oxidation sites excluding steroid dienone is 21. The van der Waals surface area contributed by atoms with Crippen molar-refractivity contribution in [1.82, 2.24) is 0 Å². The predicted molar refractivity (Wildman–Crippen MR) is 329 cm³/mol. The molecule has 0 aliphatic rings. The van der Waals surface area contributed by atoms with Crippen LogP contribution in [0.1, 0.15) is 271 Å². The van der Waals surface area contributed by atoms with Crippen molar-refractivity contribution in [1.29, 1.82) is 0 Å². The SMILES string of the molecule is CC/C=C\C/C=C\C/C=C\C/C=C\C/C=C\C/C=C\CCC(=O)OC(COC(=O)C/C=C\C/C=C\C/C=C\C/C=C\C/C=C\CC)COC(=O)CCCCCCCCCCCCCCCCCCCCCCCCCC. The van der Waals surface area contributed by atoms with Crippen LogP contribution < -0.4 is 0 Å². The van der Waals surface area contributed by atoms with Gasteiger partial charge in [0, 0.05) is 12.8 Å². The zero-order valence-corrected chi connectivity index (χ0v) is 49.2. The third-order valence-corrected chi connectivity index (χ3v) is 12.9. The molecule has 0 aromatic heterocycles. The van der Waals surface area contributed by atoms with Gasteiger partial charge >= 0.3 is 17.9 Å². The molecule has 1 atom stereocenters. The Balaban J connectivity index is 4.49. The summed E-state index contributed by atoms with van der Waals surface area (Å²) in [4.78, 5) is 38.2. The zero-order chi connectivity index (χ0) is 55.0. The minimum Gasteiger partial charge on any atom is -0.462 e. The van der Waals surface area contributed by atoms with E-state index in [1.54, 1.807) is 6.08 Å². The molecule has 0 amide bonds. The largest absolute Gasteiger partial charge is 0.462 e. The molecule has 0 fully saturated rings. The average molecular weight is 1050 g/mol. The van der Waals surface area contributed by atoms with Crippen molar-refractivity contribution < 1.29 is 28.6 Å². The summed E-state index contributed by atoms with van der Waals surface area (Å²) < 4.78 is 16.7. The number of ether oxygens (including phenoxy) is 3. The molecule has 430 valence electrons. The molecule has 0 radical (unpaired) electrons. The Morgan fingerprint density at radius 1 is 0.289 bits per heavy atom. The first kappa shape index (κ1) is 71.5. The molecule has 0 aliphatic heterocycles. The minimum atomic E-state index is -0.863. The van der Waals surface area contributed by atoms with Crippen LogP contribution >= 0.6 is 0 Å². The molecule has 0 bridgehead atoms. The number of rotatable bonds is 55. The maximum Gasteiger partial charge on any atom is 0.309 e. The molecule has 76 heavy (non-hydrogen) atoms. The topological polar surface area (TPSA) is 78.9 Å². The lowest BCUT2D eigenvalue weighted by Gasteiger charge is -2.18. The quantitative estimate of drug-likeness (QED) is 0.0261. The van der Waals surface area contributed by atoms with Crippen LogP contribution in [-0.4, -0.2) is 37.2 Å². The number of carbonyl (C=O) groups excluding carboxylic acids is 3. The first-order valence-electron chi connectivity index (χ1n) is 31.2. The molecule has 6 heteroatoms. The van der Waals surface area contributed by atoms with E-state index in [0.717, 1.165) is 89.9 Å². The van der Waals surface area contributed by atoms with Gasteiger partial charge in [0.1, 0.15) is 13.2 Å². The number of unbranched alkanes of at least 4 members (excludes halogenated alkanes) is 23. The van der Waals surface area contributed by atoms with E-state index in [1.165, 1.54) is 135 Å². The predicted octanol–water partition coefficient (Wildman–Crippen LogP) is 21.4. The van der Waals surface area contributed by atoms with Gasteiger partial charge in [-0.05, 0) is 83.5 Å². The lowest BCUT2D eigenvalue weighted by atomic mass is 10.0. The normalized spacial score (nSPS) is 13.0. The van der Waals surface area contributed by atoms with E-state index >= 15 is 0 Å². The molecular formula is C70H114O6. The van der Waals surface area contributed by atoms with Gasteiger partial charge in [-0.3, -0.25) is 14.4 Å². The van der Waals surface area contributed by atoms with Crippen LogP contribution in [0.2, 0.25) is 0 Å². The van der Waals surface area contributed by atoms with Crippen molar-refractivity contribution in [2.75, 3.05) is 13.2 Å². The first-order valence-corrected chi connectivity index (χ1v) is 31.2. The molecular weight excluding hydrogens is 937 g/mol. The minimum absolute atomic E-state index is 0.107. The third-order valence-electron chi connectivity index (χ3n) is 12.9. The fourth-order valence-corrected chi connectivity index (χ4v) is 8.37. The summed E-state index contributed by atoms with van der Waals surface area (Å²) in [6.45, 7) is 6.28. The molecule has 1 unspecified atom stereocenters. The van der Waals surface area contributed by atoms with Crippen LogP contribution in [-0.2, 0) is 28.6 Å². The highest BCUT2D eigenvalue weighted by Gasteiger charge is 2.19.